The number of methoxy groups -OCH3 is 1. The Morgan fingerprint density at radius 2 is 2.10 bits per heavy atom. The molecule has 0 fully saturated rings. The Morgan fingerprint density at radius 3 is 2.85 bits per heavy atom. The summed E-state index contributed by atoms with van der Waals surface area (Å²) in [5.74, 6) is 1.57. The average Bonchev–Trinajstić information content (AvgIpc) is 2.89. The number of benzene rings is 2. The summed E-state index contributed by atoms with van der Waals surface area (Å²) in [5.41, 5.74) is 9.57. The van der Waals surface area contributed by atoms with Gasteiger partial charge in [-0.1, -0.05) is 22.0 Å². The Balaban J connectivity index is 2.14. The van der Waals surface area contributed by atoms with Crippen molar-refractivity contribution in [2.75, 3.05) is 7.11 Å². The molecular formula is C15H14BrN3O. The number of ether oxygens (including phenoxy) is 1. The molecule has 0 aliphatic heterocycles. The fraction of sp³-hybridized carbons (Fsp3) is 0.133. The number of fused-ring (bicyclic) bond motifs is 1. The molecular weight excluding hydrogens is 318 g/mol. The van der Waals surface area contributed by atoms with E-state index in [9.17, 15) is 0 Å². The maximum atomic E-state index is 5.66. The fourth-order valence-electron chi connectivity index (χ4n) is 2.17. The first-order valence-corrected chi connectivity index (χ1v) is 7.03. The van der Waals surface area contributed by atoms with Gasteiger partial charge in [-0.15, -0.1) is 0 Å². The number of imidazole rings is 1. The lowest BCUT2D eigenvalue weighted by Gasteiger charge is -2.06. The van der Waals surface area contributed by atoms with Crippen LogP contribution in [0.15, 0.2) is 40.9 Å². The maximum Gasteiger partial charge on any atom is 0.142 e. The first kappa shape index (κ1) is 13.1. The van der Waals surface area contributed by atoms with E-state index in [0.29, 0.717) is 6.54 Å². The maximum absolute atomic E-state index is 5.66. The van der Waals surface area contributed by atoms with Crippen LogP contribution in [-0.2, 0) is 6.54 Å². The smallest absolute Gasteiger partial charge is 0.142 e. The first-order chi connectivity index (χ1) is 9.71. The van der Waals surface area contributed by atoms with Gasteiger partial charge in [-0.2, -0.15) is 0 Å². The van der Waals surface area contributed by atoms with Gasteiger partial charge in [0, 0.05) is 11.0 Å². The van der Waals surface area contributed by atoms with Crippen LogP contribution in [0.1, 0.15) is 5.56 Å². The summed E-state index contributed by atoms with van der Waals surface area (Å²) in [6, 6.07) is 11.9. The minimum atomic E-state index is 0.520. The zero-order valence-electron chi connectivity index (χ0n) is 11.0. The van der Waals surface area contributed by atoms with E-state index in [0.717, 1.165) is 38.2 Å². The number of halogens is 1. The highest BCUT2D eigenvalue weighted by Crippen LogP contribution is 2.32. The van der Waals surface area contributed by atoms with Gasteiger partial charge in [-0.25, -0.2) is 4.98 Å². The summed E-state index contributed by atoms with van der Waals surface area (Å²) in [4.78, 5) is 7.92. The van der Waals surface area contributed by atoms with Crippen LogP contribution in [0, 0.1) is 0 Å². The van der Waals surface area contributed by atoms with Crippen LogP contribution < -0.4 is 10.5 Å². The molecule has 5 heteroatoms. The van der Waals surface area contributed by atoms with Gasteiger partial charge in [0.2, 0.25) is 0 Å². The molecule has 0 saturated carbocycles. The highest BCUT2D eigenvalue weighted by Gasteiger charge is 2.11. The van der Waals surface area contributed by atoms with Crippen LogP contribution in [0.2, 0.25) is 0 Å². The molecule has 0 bridgehead atoms. The van der Waals surface area contributed by atoms with E-state index >= 15 is 0 Å². The van der Waals surface area contributed by atoms with E-state index in [2.05, 4.69) is 25.9 Å². The topological polar surface area (TPSA) is 63.9 Å². The van der Waals surface area contributed by atoms with Crippen molar-refractivity contribution in [1.29, 1.82) is 0 Å². The Morgan fingerprint density at radius 1 is 1.25 bits per heavy atom. The number of rotatable bonds is 3. The highest BCUT2D eigenvalue weighted by molar-refractivity contribution is 9.10. The van der Waals surface area contributed by atoms with Crippen LogP contribution in [0.4, 0.5) is 0 Å². The van der Waals surface area contributed by atoms with Crippen molar-refractivity contribution < 1.29 is 4.74 Å². The summed E-state index contributed by atoms with van der Waals surface area (Å²) in [5, 5.41) is 0. The summed E-state index contributed by atoms with van der Waals surface area (Å²) in [6.45, 7) is 0.520. The Kier molecular flexibility index (Phi) is 3.46. The molecule has 3 rings (SSSR count). The number of nitrogens with two attached hydrogens (primary N) is 1. The Hall–Kier alpha value is -1.85. The molecule has 0 aliphatic carbocycles. The molecule has 4 nitrogen and oxygen atoms in total. The minimum absolute atomic E-state index is 0.520. The lowest BCUT2D eigenvalue weighted by molar-refractivity contribution is 0.416. The molecule has 3 N–H and O–H groups in total. The predicted octanol–water partition coefficient (Wildman–Crippen LogP) is 3.46. The van der Waals surface area contributed by atoms with Gasteiger partial charge >= 0.3 is 0 Å². The monoisotopic (exact) mass is 331 g/mol. The van der Waals surface area contributed by atoms with Crippen LogP contribution in [-0.4, -0.2) is 17.1 Å². The van der Waals surface area contributed by atoms with Gasteiger partial charge in [0.1, 0.15) is 11.6 Å². The third-order valence-corrected chi connectivity index (χ3v) is 3.69. The summed E-state index contributed by atoms with van der Waals surface area (Å²) in [6.07, 6.45) is 0. The number of hydrogen-bond donors (Lipinski definition) is 2. The molecule has 0 unspecified atom stereocenters. The lowest BCUT2D eigenvalue weighted by Crippen LogP contribution is -1.95. The van der Waals surface area contributed by atoms with Crippen molar-refractivity contribution >= 4 is 27.0 Å². The largest absolute Gasteiger partial charge is 0.496 e. The average molecular weight is 332 g/mol. The summed E-state index contributed by atoms with van der Waals surface area (Å²) in [7, 11) is 1.65. The normalized spacial score (nSPS) is 10.9. The number of nitrogens with zero attached hydrogens (tertiary/aromatic N) is 1. The van der Waals surface area contributed by atoms with Crippen molar-refractivity contribution in [1.82, 2.24) is 9.97 Å². The molecule has 1 heterocycles. The van der Waals surface area contributed by atoms with Crippen molar-refractivity contribution in [2.45, 2.75) is 6.54 Å². The van der Waals surface area contributed by atoms with Crippen molar-refractivity contribution in [3.05, 3.63) is 46.4 Å². The molecule has 20 heavy (non-hydrogen) atoms. The molecule has 0 aliphatic rings. The number of H-pyrrole nitrogens is 1. The summed E-state index contributed by atoms with van der Waals surface area (Å²) < 4.78 is 6.38. The second-order valence-electron chi connectivity index (χ2n) is 4.49. The Bertz CT molecular complexity index is 767. The standard InChI is InChI=1S/C15H14BrN3O/c1-20-14-7-10(16)3-4-11(14)15-18-12-5-2-9(8-17)6-13(12)19-15/h2-7H,8,17H2,1H3,(H,18,19). The highest BCUT2D eigenvalue weighted by atomic mass is 79.9. The van der Waals surface area contributed by atoms with E-state index in [4.69, 9.17) is 10.5 Å². The molecule has 0 amide bonds. The minimum Gasteiger partial charge on any atom is -0.496 e. The number of hydrogen-bond acceptors (Lipinski definition) is 3. The molecule has 3 aromatic rings. The van der Waals surface area contributed by atoms with E-state index in [1.807, 2.05) is 36.4 Å². The van der Waals surface area contributed by atoms with Gasteiger partial charge in [0.25, 0.3) is 0 Å². The zero-order chi connectivity index (χ0) is 14.1. The van der Waals surface area contributed by atoms with Crippen LogP contribution in [0.5, 0.6) is 5.75 Å². The number of nitrogens with one attached hydrogen (secondary N) is 1. The van der Waals surface area contributed by atoms with Gasteiger partial charge in [-0.05, 0) is 35.9 Å². The third-order valence-electron chi connectivity index (χ3n) is 3.20. The predicted molar refractivity (Wildman–Crippen MR) is 83.7 cm³/mol. The second kappa shape index (κ2) is 5.26. The molecule has 0 spiro atoms. The van der Waals surface area contributed by atoms with E-state index in [1.54, 1.807) is 7.11 Å². The van der Waals surface area contributed by atoms with Crippen molar-refractivity contribution in [3.63, 3.8) is 0 Å². The zero-order valence-corrected chi connectivity index (χ0v) is 12.6. The van der Waals surface area contributed by atoms with Crippen LogP contribution in [0.3, 0.4) is 0 Å². The Labute approximate surface area is 125 Å². The van der Waals surface area contributed by atoms with E-state index in [1.165, 1.54) is 0 Å². The van der Waals surface area contributed by atoms with Crippen molar-refractivity contribution in [2.24, 2.45) is 5.73 Å². The van der Waals surface area contributed by atoms with Gasteiger partial charge in [0.05, 0.1) is 23.7 Å². The molecule has 0 saturated heterocycles. The van der Waals surface area contributed by atoms with Gasteiger partial charge in [0.15, 0.2) is 0 Å². The molecule has 0 radical (unpaired) electrons. The molecule has 0 atom stereocenters. The third kappa shape index (κ3) is 2.30. The summed E-state index contributed by atoms with van der Waals surface area (Å²) >= 11 is 3.44. The quantitative estimate of drug-likeness (QED) is 0.772. The second-order valence-corrected chi connectivity index (χ2v) is 5.40. The fourth-order valence-corrected chi connectivity index (χ4v) is 2.51. The molecule has 102 valence electrons. The van der Waals surface area contributed by atoms with Crippen molar-refractivity contribution in [3.8, 4) is 17.1 Å². The van der Waals surface area contributed by atoms with E-state index < -0.39 is 0 Å². The van der Waals surface area contributed by atoms with Gasteiger partial charge < -0.3 is 15.5 Å². The molecule has 2 aromatic carbocycles. The first-order valence-electron chi connectivity index (χ1n) is 6.24. The molecule has 1 aromatic heterocycles. The number of aromatic nitrogens is 2. The SMILES string of the molecule is COc1cc(Br)ccc1-c1nc2ccc(CN)cc2[nH]1. The number of aromatic amines is 1. The van der Waals surface area contributed by atoms with Gasteiger partial charge in [-0.3, -0.25) is 0 Å². The van der Waals surface area contributed by atoms with Crippen LogP contribution in [0.25, 0.3) is 22.4 Å². The van der Waals surface area contributed by atoms with E-state index in [-0.39, 0.29) is 0 Å². The lowest BCUT2D eigenvalue weighted by atomic mass is 10.2. The van der Waals surface area contributed by atoms with Crippen LogP contribution >= 0.6 is 15.9 Å².